The van der Waals surface area contributed by atoms with Gasteiger partial charge in [-0.3, -0.25) is 0 Å². The third kappa shape index (κ3) is 6.56. The zero-order valence-electron chi connectivity index (χ0n) is 12.6. The minimum absolute atomic E-state index is 0.842. The molecule has 0 saturated heterocycles. The highest BCUT2D eigenvalue weighted by Crippen LogP contribution is 2.25. The summed E-state index contributed by atoms with van der Waals surface area (Å²) in [5.74, 6) is 1.71. The van der Waals surface area contributed by atoms with E-state index in [0.717, 1.165) is 23.2 Å². The molecule has 0 amide bonds. The minimum Gasteiger partial charge on any atom is -0.300 e. The molecule has 1 atom stereocenters. The van der Waals surface area contributed by atoms with Crippen molar-refractivity contribution in [2.75, 3.05) is 18.4 Å². The third-order valence-electron chi connectivity index (χ3n) is 4.35. The van der Waals surface area contributed by atoms with Crippen LogP contribution in [0, 0.1) is 11.8 Å². The number of rotatable bonds is 9. The number of hydrogen-bond acceptors (Lipinski definition) is 1. The smallest absolute Gasteiger partial charge is 0.00952 e. The first-order chi connectivity index (χ1) is 8.63. The van der Waals surface area contributed by atoms with Gasteiger partial charge in [-0.05, 0) is 57.0 Å². The van der Waals surface area contributed by atoms with Gasteiger partial charge in [-0.2, -0.15) is 0 Å². The lowest BCUT2D eigenvalue weighted by molar-refractivity contribution is 0.176. The first-order valence-corrected chi connectivity index (χ1v) is 9.05. The Labute approximate surface area is 123 Å². The van der Waals surface area contributed by atoms with Crippen molar-refractivity contribution in [3.63, 3.8) is 0 Å². The monoisotopic (exact) mass is 317 g/mol. The van der Waals surface area contributed by atoms with Crippen molar-refractivity contribution < 1.29 is 0 Å². The number of alkyl halides is 1. The van der Waals surface area contributed by atoms with E-state index in [1.54, 1.807) is 0 Å². The van der Waals surface area contributed by atoms with E-state index in [1.165, 1.54) is 58.0 Å². The number of halogens is 1. The molecule has 1 saturated carbocycles. The summed E-state index contributed by atoms with van der Waals surface area (Å²) < 4.78 is 0. The molecule has 0 bridgehead atoms. The van der Waals surface area contributed by atoms with E-state index in [9.17, 15) is 0 Å². The van der Waals surface area contributed by atoms with Gasteiger partial charge in [0.15, 0.2) is 0 Å². The Morgan fingerprint density at radius 2 is 1.61 bits per heavy atom. The van der Waals surface area contributed by atoms with E-state index in [1.807, 2.05) is 0 Å². The highest BCUT2D eigenvalue weighted by Gasteiger charge is 2.22. The molecule has 0 aromatic rings. The van der Waals surface area contributed by atoms with Crippen LogP contribution in [0.4, 0.5) is 0 Å². The Morgan fingerprint density at radius 1 is 1.00 bits per heavy atom. The standard InChI is InChI=1S/C16H32BrN/c1-14(2)9-12-18(16-6-4-5-7-16)13-10-15(3)8-11-17/h14-16H,4-13H2,1-3H3. The van der Waals surface area contributed by atoms with Gasteiger partial charge in [0.25, 0.3) is 0 Å². The lowest BCUT2D eigenvalue weighted by Gasteiger charge is -2.30. The van der Waals surface area contributed by atoms with Gasteiger partial charge in [0.2, 0.25) is 0 Å². The summed E-state index contributed by atoms with van der Waals surface area (Å²) in [6.07, 6.45) is 9.88. The summed E-state index contributed by atoms with van der Waals surface area (Å²) >= 11 is 3.56. The van der Waals surface area contributed by atoms with Crippen molar-refractivity contribution in [2.45, 2.75) is 71.8 Å². The highest BCUT2D eigenvalue weighted by molar-refractivity contribution is 9.09. The molecule has 0 aromatic heterocycles. The molecule has 1 unspecified atom stereocenters. The molecule has 1 aliphatic carbocycles. The molecule has 108 valence electrons. The van der Waals surface area contributed by atoms with E-state index in [4.69, 9.17) is 0 Å². The van der Waals surface area contributed by atoms with Gasteiger partial charge < -0.3 is 4.90 Å². The maximum Gasteiger partial charge on any atom is 0.00952 e. The van der Waals surface area contributed by atoms with Crippen molar-refractivity contribution in [1.29, 1.82) is 0 Å². The predicted octanol–water partition coefficient (Wildman–Crippen LogP) is 5.09. The maximum absolute atomic E-state index is 3.56. The van der Waals surface area contributed by atoms with E-state index in [-0.39, 0.29) is 0 Å². The first kappa shape index (κ1) is 16.5. The van der Waals surface area contributed by atoms with Crippen LogP contribution in [-0.4, -0.2) is 29.4 Å². The fraction of sp³-hybridized carbons (Fsp3) is 1.00. The quantitative estimate of drug-likeness (QED) is 0.535. The van der Waals surface area contributed by atoms with Crippen LogP contribution >= 0.6 is 15.9 Å². The average molecular weight is 318 g/mol. The van der Waals surface area contributed by atoms with Gasteiger partial charge in [-0.1, -0.05) is 49.5 Å². The Hall–Kier alpha value is 0.440. The van der Waals surface area contributed by atoms with Gasteiger partial charge in [-0.25, -0.2) is 0 Å². The van der Waals surface area contributed by atoms with Crippen LogP contribution in [0.2, 0.25) is 0 Å². The molecular formula is C16H32BrN. The predicted molar refractivity (Wildman–Crippen MR) is 85.5 cm³/mol. The SMILES string of the molecule is CC(C)CCN(CCC(C)CCBr)C1CCCC1. The van der Waals surface area contributed by atoms with Crippen LogP contribution < -0.4 is 0 Å². The van der Waals surface area contributed by atoms with Gasteiger partial charge >= 0.3 is 0 Å². The van der Waals surface area contributed by atoms with Crippen LogP contribution in [0.15, 0.2) is 0 Å². The fourth-order valence-electron chi connectivity index (χ4n) is 2.89. The van der Waals surface area contributed by atoms with E-state index < -0.39 is 0 Å². The van der Waals surface area contributed by atoms with Crippen molar-refractivity contribution in [3.8, 4) is 0 Å². The van der Waals surface area contributed by atoms with Gasteiger partial charge in [0, 0.05) is 11.4 Å². The molecule has 0 N–H and O–H groups in total. The highest BCUT2D eigenvalue weighted by atomic mass is 79.9. The second kappa shape index (κ2) is 9.36. The Kier molecular flexibility index (Phi) is 8.58. The van der Waals surface area contributed by atoms with Crippen molar-refractivity contribution in [1.82, 2.24) is 4.90 Å². The third-order valence-corrected chi connectivity index (χ3v) is 4.80. The largest absolute Gasteiger partial charge is 0.300 e. The maximum atomic E-state index is 3.56. The van der Waals surface area contributed by atoms with Crippen LogP contribution in [0.5, 0.6) is 0 Å². The molecule has 2 heteroatoms. The lowest BCUT2D eigenvalue weighted by atomic mass is 10.0. The Bertz CT molecular complexity index is 199. The topological polar surface area (TPSA) is 3.24 Å². The molecule has 1 nitrogen and oxygen atoms in total. The summed E-state index contributed by atoms with van der Waals surface area (Å²) in [6.45, 7) is 9.74. The molecule has 18 heavy (non-hydrogen) atoms. The average Bonchev–Trinajstić information content (AvgIpc) is 2.82. The Morgan fingerprint density at radius 3 is 2.17 bits per heavy atom. The molecule has 0 aliphatic heterocycles. The minimum atomic E-state index is 0.842. The zero-order valence-corrected chi connectivity index (χ0v) is 14.2. The van der Waals surface area contributed by atoms with Crippen LogP contribution in [0.1, 0.15) is 65.7 Å². The van der Waals surface area contributed by atoms with Gasteiger partial charge in [0.1, 0.15) is 0 Å². The summed E-state index contributed by atoms with van der Waals surface area (Å²) in [5.41, 5.74) is 0. The van der Waals surface area contributed by atoms with Gasteiger partial charge in [-0.15, -0.1) is 0 Å². The second-order valence-electron chi connectivity index (χ2n) is 6.53. The summed E-state index contributed by atoms with van der Waals surface area (Å²) in [7, 11) is 0. The summed E-state index contributed by atoms with van der Waals surface area (Å²) in [4.78, 5) is 2.80. The fourth-order valence-corrected chi connectivity index (χ4v) is 3.67. The normalized spacial score (nSPS) is 19.0. The van der Waals surface area contributed by atoms with E-state index >= 15 is 0 Å². The molecule has 1 rings (SSSR count). The van der Waals surface area contributed by atoms with E-state index in [0.29, 0.717) is 0 Å². The summed E-state index contributed by atoms with van der Waals surface area (Å²) in [6, 6.07) is 0.903. The lowest BCUT2D eigenvalue weighted by Crippen LogP contribution is -2.36. The van der Waals surface area contributed by atoms with E-state index in [2.05, 4.69) is 41.6 Å². The molecule has 1 fully saturated rings. The number of nitrogens with zero attached hydrogens (tertiary/aromatic N) is 1. The second-order valence-corrected chi connectivity index (χ2v) is 7.32. The van der Waals surface area contributed by atoms with Crippen molar-refractivity contribution >= 4 is 15.9 Å². The van der Waals surface area contributed by atoms with Crippen LogP contribution in [-0.2, 0) is 0 Å². The molecule has 1 aliphatic rings. The molecular weight excluding hydrogens is 286 g/mol. The number of hydrogen-bond donors (Lipinski definition) is 0. The summed E-state index contributed by atoms with van der Waals surface area (Å²) in [5, 5.41) is 1.16. The molecule has 0 spiro atoms. The van der Waals surface area contributed by atoms with Crippen molar-refractivity contribution in [2.24, 2.45) is 11.8 Å². The zero-order chi connectivity index (χ0) is 13.4. The molecule has 0 aromatic carbocycles. The molecule has 0 heterocycles. The van der Waals surface area contributed by atoms with Crippen molar-refractivity contribution in [3.05, 3.63) is 0 Å². The first-order valence-electron chi connectivity index (χ1n) is 7.93. The van der Waals surface area contributed by atoms with Gasteiger partial charge in [0.05, 0.1) is 0 Å². The Balaban J connectivity index is 2.33. The van der Waals surface area contributed by atoms with Crippen LogP contribution in [0.25, 0.3) is 0 Å². The molecule has 0 radical (unpaired) electrons. The van der Waals surface area contributed by atoms with Crippen LogP contribution in [0.3, 0.4) is 0 Å².